The average Bonchev–Trinajstić information content (AvgIpc) is 2.63. The molecule has 8 nitrogen and oxygen atoms in total. The molecule has 1 fully saturated rings. The Morgan fingerprint density at radius 2 is 2.20 bits per heavy atom. The number of ether oxygens (including phenoxy) is 1. The standard InChI is InChI=1S/C17H20N4O4/c1-25-13-6-2-5-11-14(13)19-8-12(15(11)22)20-17(24)21-7-3-4-10(9-21)16(18)23/h2,5-6,8,10H,3-4,7,9H2,1H3,(H2,18,23)(H,19,22)(H,20,24)/t10-/m1/s1. The van der Waals surface area contributed by atoms with E-state index in [1.165, 1.54) is 18.2 Å². The molecule has 3 rings (SSSR count). The SMILES string of the molecule is COc1cccc2c(=O)c(NC(=O)N3CCC[C@@H](C(N)=O)C3)c[nH]c12. The summed E-state index contributed by atoms with van der Waals surface area (Å²) >= 11 is 0. The van der Waals surface area contributed by atoms with Crippen molar-refractivity contribution in [3.8, 4) is 5.75 Å². The monoisotopic (exact) mass is 344 g/mol. The molecule has 0 unspecified atom stereocenters. The molecule has 4 N–H and O–H groups in total. The molecule has 0 radical (unpaired) electrons. The summed E-state index contributed by atoms with van der Waals surface area (Å²) in [5, 5.41) is 3.04. The summed E-state index contributed by atoms with van der Waals surface area (Å²) in [7, 11) is 1.52. The maximum Gasteiger partial charge on any atom is 0.322 e. The van der Waals surface area contributed by atoms with Crippen LogP contribution < -0.4 is 21.2 Å². The van der Waals surface area contributed by atoms with Gasteiger partial charge in [-0.05, 0) is 25.0 Å². The summed E-state index contributed by atoms with van der Waals surface area (Å²) in [6.45, 7) is 0.787. The van der Waals surface area contributed by atoms with Gasteiger partial charge in [0.15, 0.2) is 0 Å². The van der Waals surface area contributed by atoms with Gasteiger partial charge in [-0.2, -0.15) is 0 Å². The van der Waals surface area contributed by atoms with Gasteiger partial charge >= 0.3 is 6.03 Å². The molecule has 0 saturated carbocycles. The molecule has 1 aliphatic rings. The van der Waals surface area contributed by atoms with E-state index in [9.17, 15) is 14.4 Å². The molecule has 1 aliphatic heterocycles. The number of urea groups is 1. The number of fused-ring (bicyclic) bond motifs is 1. The van der Waals surface area contributed by atoms with E-state index in [1.807, 2.05) is 0 Å². The predicted octanol–water partition coefficient (Wildman–Crippen LogP) is 1.27. The fourth-order valence-electron chi connectivity index (χ4n) is 3.08. The first kappa shape index (κ1) is 16.8. The highest BCUT2D eigenvalue weighted by atomic mass is 16.5. The first-order valence-electron chi connectivity index (χ1n) is 8.05. The Balaban J connectivity index is 1.83. The van der Waals surface area contributed by atoms with Crippen LogP contribution in [0.2, 0.25) is 0 Å². The number of rotatable bonds is 3. The van der Waals surface area contributed by atoms with Crippen LogP contribution >= 0.6 is 0 Å². The third kappa shape index (κ3) is 3.28. The number of anilines is 1. The second-order valence-corrected chi connectivity index (χ2v) is 6.03. The lowest BCUT2D eigenvalue weighted by molar-refractivity contribution is -0.123. The van der Waals surface area contributed by atoms with E-state index in [0.29, 0.717) is 36.0 Å². The number of piperidine rings is 1. The van der Waals surface area contributed by atoms with Crippen molar-refractivity contribution in [3.05, 3.63) is 34.6 Å². The lowest BCUT2D eigenvalue weighted by atomic mass is 9.98. The molecule has 25 heavy (non-hydrogen) atoms. The molecule has 0 aliphatic carbocycles. The number of hydrogen-bond donors (Lipinski definition) is 3. The van der Waals surface area contributed by atoms with Crippen LogP contribution in [0.1, 0.15) is 12.8 Å². The lowest BCUT2D eigenvalue weighted by Crippen LogP contribution is -2.46. The predicted molar refractivity (Wildman–Crippen MR) is 93.6 cm³/mol. The number of pyridine rings is 1. The normalized spacial score (nSPS) is 17.3. The Morgan fingerprint density at radius 1 is 1.40 bits per heavy atom. The molecular formula is C17H20N4O4. The summed E-state index contributed by atoms with van der Waals surface area (Å²) in [6.07, 6.45) is 2.82. The van der Waals surface area contributed by atoms with Crippen molar-refractivity contribution in [1.82, 2.24) is 9.88 Å². The average molecular weight is 344 g/mol. The number of amides is 3. The second kappa shape index (κ2) is 6.84. The number of H-pyrrole nitrogens is 1. The van der Waals surface area contributed by atoms with E-state index >= 15 is 0 Å². The number of benzene rings is 1. The number of likely N-dealkylation sites (tertiary alicyclic amines) is 1. The zero-order chi connectivity index (χ0) is 18.0. The molecule has 3 amide bonds. The molecule has 8 heteroatoms. The lowest BCUT2D eigenvalue weighted by Gasteiger charge is -2.31. The zero-order valence-electron chi connectivity index (χ0n) is 13.9. The van der Waals surface area contributed by atoms with Crippen molar-refractivity contribution in [2.45, 2.75) is 12.8 Å². The van der Waals surface area contributed by atoms with Gasteiger partial charge in [0, 0.05) is 19.3 Å². The number of nitrogens with one attached hydrogen (secondary N) is 2. The van der Waals surface area contributed by atoms with Crippen LogP contribution in [0.5, 0.6) is 5.75 Å². The first-order chi connectivity index (χ1) is 12.0. The molecule has 1 atom stereocenters. The van der Waals surface area contributed by atoms with Crippen molar-refractivity contribution < 1.29 is 14.3 Å². The topological polar surface area (TPSA) is 118 Å². The van der Waals surface area contributed by atoms with Gasteiger partial charge in [-0.25, -0.2) is 4.79 Å². The minimum Gasteiger partial charge on any atom is -0.495 e. The maximum atomic E-state index is 12.6. The summed E-state index contributed by atoms with van der Waals surface area (Å²) in [5.74, 6) is -0.209. The fraction of sp³-hybridized carbons (Fsp3) is 0.353. The molecule has 1 aromatic heterocycles. The molecule has 2 heterocycles. The highest BCUT2D eigenvalue weighted by molar-refractivity contribution is 5.93. The van der Waals surface area contributed by atoms with Crippen LogP contribution in [-0.4, -0.2) is 42.0 Å². The summed E-state index contributed by atoms with van der Waals surface area (Å²) in [5.41, 5.74) is 5.74. The third-order valence-corrected chi connectivity index (χ3v) is 4.45. The molecule has 0 bridgehead atoms. The smallest absolute Gasteiger partial charge is 0.322 e. The number of carbonyl (C=O) groups excluding carboxylic acids is 2. The largest absolute Gasteiger partial charge is 0.495 e. The van der Waals surface area contributed by atoms with Crippen LogP contribution in [0.25, 0.3) is 10.9 Å². The number of aromatic nitrogens is 1. The molecule has 1 saturated heterocycles. The zero-order valence-corrected chi connectivity index (χ0v) is 13.9. The van der Waals surface area contributed by atoms with Crippen LogP contribution in [0, 0.1) is 5.92 Å². The summed E-state index contributed by atoms with van der Waals surface area (Å²) in [4.78, 5) is 40.9. The van der Waals surface area contributed by atoms with Crippen molar-refractivity contribution in [2.24, 2.45) is 11.7 Å². The Labute approximate surface area is 143 Å². The summed E-state index contributed by atoms with van der Waals surface area (Å²) in [6, 6.07) is 4.70. The molecule has 0 spiro atoms. The van der Waals surface area contributed by atoms with Crippen LogP contribution in [-0.2, 0) is 4.79 Å². The highest BCUT2D eigenvalue weighted by Crippen LogP contribution is 2.22. The van der Waals surface area contributed by atoms with E-state index in [-0.39, 0.29) is 23.6 Å². The number of methoxy groups -OCH3 is 1. The van der Waals surface area contributed by atoms with Crippen molar-refractivity contribution in [3.63, 3.8) is 0 Å². The number of carbonyl (C=O) groups is 2. The van der Waals surface area contributed by atoms with Gasteiger partial charge in [-0.3, -0.25) is 9.59 Å². The number of aromatic amines is 1. The van der Waals surface area contributed by atoms with E-state index in [1.54, 1.807) is 18.2 Å². The number of nitrogens with two attached hydrogens (primary N) is 1. The number of primary amides is 1. The molecule has 1 aromatic carbocycles. The summed E-state index contributed by atoms with van der Waals surface area (Å²) < 4.78 is 5.22. The molecule has 132 valence electrons. The van der Waals surface area contributed by atoms with Crippen molar-refractivity contribution in [2.75, 3.05) is 25.5 Å². The minimum atomic E-state index is -0.418. The van der Waals surface area contributed by atoms with E-state index in [4.69, 9.17) is 10.5 Å². The Bertz CT molecular complexity index is 877. The molecule has 2 aromatic rings. The van der Waals surface area contributed by atoms with E-state index < -0.39 is 11.9 Å². The Hall–Kier alpha value is -3.03. The van der Waals surface area contributed by atoms with Gasteiger partial charge in [0.25, 0.3) is 0 Å². The van der Waals surface area contributed by atoms with Gasteiger partial charge in [-0.15, -0.1) is 0 Å². The van der Waals surface area contributed by atoms with Gasteiger partial charge in [-0.1, -0.05) is 6.07 Å². The van der Waals surface area contributed by atoms with Crippen molar-refractivity contribution in [1.29, 1.82) is 0 Å². The Kier molecular flexibility index (Phi) is 4.60. The van der Waals surface area contributed by atoms with E-state index in [0.717, 1.165) is 0 Å². The fourth-order valence-corrected chi connectivity index (χ4v) is 3.08. The Morgan fingerprint density at radius 3 is 2.92 bits per heavy atom. The van der Waals surface area contributed by atoms with Gasteiger partial charge in [0.05, 0.1) is 23.9 Å². The van der Waals surface area contributed by atoms with Crippen LogP contribution in [0.4, 0.5) is 10.5 Å². The second-order valence-electron chi connectivity index (χ2n) is 6.03. The van der Waals surface area contributed by atoms with Crippen LogP contribution in [0.3, 0.4) is 0 Å². The number of hydrogen-bond acceptors (Lipinski definition) is 4. The van der Waals surface area contributed by atoms with Gasteiger partial charge < -0.3 is 25.7 Å². The first-order valence-corrected chi connectivity index (χ1v) is 8.05. The minimum absolute atomic E-state index is 0.145. The van der Waals surface area contributed by atoms with Gasteiger partial charge in [0.2, 0.25) is 11.3 Å². The van der Waals surface area contributed by atoms with Gasteiger partial charge in [0.1, 0.15) is 11.4 Å². The maximum absolute atomic E-state index is 12.6. The highest BCUT2D eigenvalue weighted by Gasteiger charge is 2.27. The van der Waals surface area contributed by atoms with E-state index in [2.05, 4.69) is 10.3 Å². The number of para-hydroxylation sites is 1. The van der Waals surface area contributed by atoms with Crippen molar-refractivity contribution >= 4 is 28.5 Å². The number of nitrogens with zero attached hydrogens (tertiary/aromatic N) is 1. The third-order valence-electron chi connectivity index (χ3n) is 4.45. The quantitative estimate of drug-likeness (QED) is 0.777. The molecular weight excluding hydrogens is 324 g/mol. The van der Waals surface area contributed by atoms with Crippen LogP contribution in [0.15, 0.2) is 29.2 Å².